The van der Waals surface area contributed by atoms with Gasteiger partial charge in [-0.1, -0.05) is 112 Å². The molecule has 0 aromatic heterocycles. The minimum absolute atomic E-state index is 0.0103. The molecule has 4 heteroatoms. The van der Waals surface area contributed by atoms with Crippen LogP contribution in [0.1, 0.15) is 43.9 Å². The van der Waals surface area contributed by atoms with Crippen molar-refractivity contribution in [2.45, 2.75) is 45.7 Å². The van der Waals surface area contributed by atoms with Crippen LogP contribution in [0, 0.1) is 0 Å². The molecule has 0 bridgehead atoms. The smallest absolute Gasteiger partial charge is 0.236 e. The number of nitrogens with zero attached hydrogens (tertiary/aromatic N) is 2. The van der Waals surface area contributed by atoms with E-state index in [0.29, 0.717) is 13.1 Å². The zero-order chi connectivity index (χ0) is 26.3. The average Bonchev–Trinajstić information content (AvgIpc) is 2.91. The van der Waals surface area contributed by atoms with Crippen LogP contribution in [0.4, 0.5) is 11.4 Å². The van der Waals surface area contributed by atoms with Crippen molar-refractivity contribution in [3.05, 3.63) is 132 Å². The Kier molecular flexibility index (Phi) is 8.19. The molecule has 188 valence electrons. The first-order valence-electron chi connectivity index (χ1n) is 12.7. The fourth-order valence-corrected chi connectivity index (χ4v) is 4.25. The van der Waals surface area contributed by atoms with Gasteiger partial charge < -0.3 is 9.80 Å². The summed E-state index contributed by atoms with van der Waals surface area (Å²) < 4.78 is 0. The van der Waals surface area contributed by atoms with Crippen molar-refractivity contribution >= 4 is 23.2 Å². The molecule has 0 heterocycles. The van der Waals surface area contributed by atoms with Gasteiger partial charge >= 0.3 is 0 Å². The van der Waals surface area contributed by atoms with Crippen LogP contribution in [0.3, 0.4) is 0 Å². The SMILES string of the molecule is CC(C)(C)c1ccc(N(Cc2ccccc2)C(=O)CC(=O)N(Cc2ccccc2)c2ccccc2)cc1. The summed E-state index contributed by atoms with van der Waals surface area (Å²) in [6.45, 7) is 7.29. The normalized spacial score (nSPS) is 11.1. The number of anilines is 2. The van der Waals surface area contributed by atoms with Crippen LogP contribution in [0.5, 0.6) is 0 Å². The molecular formula is C33H34N2O2. The van der Waals surface area contributed by atoms with E-state index >= 15 is 0 Å². The molecule has 2 amide bonds. The van der Waals surface area contributed by atoms with E-state index in [1.165, 1.54) is 5.56 Å². The predicted molar refractivity (Wildman–Crippen MR) is 151 cm³/mol. The Balaban J connectivity index is 1.60. The Labute approximate surface area is 220 Å². The molecule has 0 aliphatic rings. The molecule has 0 radical (unpaired) electrons. The highest BCUT2D eigenvalue weighted by Crippen LogP contribution is 2.27. The van der Waals surface area contributed by atoms with E-state index in [1.54, 1.807) is 9.80 Å². The molecular weight excluding hydrogens is 456 g/mol. The van der Waals surface area contributed by atoms with Crippen molar-refractivity contribution in [1.82, 2.24) is 0 Å². The second kappa shape index (κ2) is 11.7. The van der Waals surface area contributed by atoms with Crippen LogP contribution < -0.4 is 9.80 Å². The Bertz CT molecular complexity index is 1300. The Morgan fingerprint density at radius 2 is 0.919 bits per heavy atom. The van der Waals surface area contributed by atoms with Gasteiger partial charge in [0.25, 0.3) is 0 Å². The molecule has 0 atom stereocenters. The summed E-state index contributed by atoms with van der Waals surface area (Å²) in [7, 11) is 0. The maximum Gasteiger partial charge on any atom is 0.236 e. The highest BCUT2D eigenvalue weighted by Gasteiger charge is 2.25. The predicted octanol–water partition coefficient (Wildman–Crippen LogP) is 7.14. The van der Waals surface area contributed by atoms with Gasteiger partial charge in [0.2, 0.25) is 11.8 Å². The third kappa shape index (κ3) is 6.95. The minimum atomic E-state index is -0.232. The standard InChI is InChI=1S/C33H34N2O2/c1-33(2,3)28-19-21-30(22-20-28)35(25-27-15-9-5-10-16-27)32(37)23-31(36)34(29-17-11-6-12-18-29)24-26-13-7-4-8-14-26/h4-22H,23-25H2,1-3H3. The maximum atomic E-state index is 13.7. The first-order valence-corrected chi connectivity index (χ1v) is 12.7. The van der Waals surface area contributed by atoms with E-state index in [2.05, 4.69) is 32.9 Å². The van der Waals surface area contributed by atoms with E-state index in [9.17, 15) is 9.59 Å². The van der Waals surface area contributed by atoms with E-state index in [1.807, 2.05) is 103 Å². The molecule has 0 spiro atoms. The van der Waals surface area contributed by atoms with Gasteiger partial charge in [-0.2, -0.15) is 0 Å². The fraction of sp³-hybridized carbons (Fsp3) is 0.212. The Morgan fingerprint density at radius 1 is 0.541 bits per heavy atom. The van der Waals surface area contributed by atoms with Gasteiger partial charge in [0.1, 0.15) is 6.42 Å². The number of carbonyl (C=O) groups excluding carboxylic acids is 2. The van der Waals surface area contributed by atoms with Gasteiger partial charge in [0.05, 0.1) is 13.1 Å². The largest absolute Gasteiger partial charge is 0.308 e. The first kappa shape index (κ1) is 25.9. The summed E-state index contributed by atoms with van der Waals surface area (Å²) in [5, 5.41) is 0. The topological polar surface area (TPSA) is 40.6 Å². The van der Waals surface area contributed by atoms with Crippen LogP contribution in [0.25, 0.3) is 0 Å². The first-order chi connectivity index (χ1) is 17.8. The number of rotatable bonds is 8. The lowest BCUT2D eigenvalue weighted by atomic mass is 9.87. The highest BCUT2D eigenvalue weighted by molar-refractivity contribution is 6.10. The third-order valence-corrected chi connectivity index (χ3v) is 6.38. The van der Waals surface area contributed by atoms with Gasteiger partial charge in [-0.15, -0.1) is 0 Å². The zero-order valence-electron chi connectivity index (χ0n) is 21.8. The molecule has 0 saturated heterocycles. The van der Waals surface area contributed by atoms with Gasteiger partial charge in [-0.05, 0) is 46.4 Å². The minimum Gasteiger partial charge on any atom is -0.308 e. The van der Waals surface area contributed by atoms with Crippen molar-refractivity contribution < 1.29 is 9.59 Å². The summed E-state index contributed by atoms with van der Waals surface area (Å²) in [6.07, 6.45) is -0.227. The maximum absolute atomic E-state index is 13.7. The van der Waals surface area contributed by atoms with Gasteiger partial charge in [-0.25, -0.2) is 0 Å². The molecule has 0 fully saturated rings. The van der Waals surface area contributed by atoms with E-state index in [-0.39, 0.29) is 23.7 Å². The highest BCUT2D eigenvalue weighted by atomic mass is 16.2. The van der Waals surface area contributed by atoms with Crippen molar-refractivity contribution in [2.24, 2.45) is 0 Å². The lowest BCUT2D eigenvalue weighted by Crippen LogP contribution is -2.38. The Hall–Kier alpha value is -4.18. The lowest BCUT2D eigenvalue weighted by molar-refractivity contribution is -0.126. The molecule has 0 unspecified atom stereocenters. The van der Waals surface area contributed by atoms with Gasteiger partial charge in [0, 0.05) is 11.4 Å². The van der Waals surface area contributed by atoms with Crippen LogP contribution in [0.2, 0.25) is 0 Å². The van der Waals surface area contributed by atoms with Crippen molar-refractivity contribution in [1.29, 1.82) is 0 Å². The fourth-order valence-electron chi connectivity index (χ4n) is 4.25. The van der Waals surface area contributed by atoms with Crippen LogP contribution in [-0.4, -0.2) is 11.8 Å². The molecule has 0 aliphatic carbocycles. The van der Waals surface area contributed by atoms with Gasteiger partial charge in [0.15, 0.2) is 0 Å². The number of para-hydroxylation sites is 1. The summed E-state index contributed by atoms with van der Waals surface area (Å²) in [5.74, 6) is -0.462. The number of carbonyl (C=O) groups is 2. The molecule has 37 heavy (non-hydrogen) atoms. The summed E-state index contributed by atoms with van der Waals surface area (Å²) in [4.78, 5) is 30.7. The number of benzene rings is 4. The van der Waals surface area contributed by atoms with E-state index in [0.717, 1.165) is 22.5 Å². The Morgan fingerprint density at radius 3 is 1.32 bits per heavy atom. The molecule has 4 aromatic carbocycles. The quantitative estimate of drug-likeness (QED) is 0.246. The van der Waals surface area contributed by atoms with Crippen molar-refractivity contribution in [3.8, 4) is 0 Å². The summed E-state index contributed by atoms with van der Waals surface area (Å²) >= 11 is 0. The molecule has 4 nitrogen and oxygen atoms in total. The average molecular weight is 491 g/mol. The van der Waals surface area contributed by atoms with Gasteiger partial charge in [-0.3, -0.25) is 9.59 Å². The summed E-state index contributed by atoms with van der Waals surface area (Å²) in [5.41, 5.74) is 4.77. The van der Waals surface area contributed by atoms with Crippen molar-refractivity contribution in [3.63, 3.8) is 0 Å². The molecule has 0 aliphatic heterocycles. The molecule has 4 rings (SSSR count). The van der Waals surface area contributed by atoms with E-state index in [4.69, 9.17) is 0 Å². The van der Waals surface area contributed by atoms with Crippen molar-refractivity contribution in [2.75, 3.05) is 9.80 Å². The molecule has 0 N–H and O–H groups in total. The number of amides is 2. The second-order valence-corrected chi connectivity index (χ2v) is 10.2. The number of hydrogen-bond donors (Lipinski definition) is 0. The zero-order valence-corrected chi connectivity index (χ0v) is 21.8. The monoisotopic (exact) mass is 490 g/mol. The van der Waals surface area contributed by atoms with Crippen LogP contribution >= 0.6 is 0 Å². The van der Waals surface area contributed by atoms with E-state index < -0.39 is 0 Å². The summed E-state index contributed by atoms with van der Waals surface area (Å²) in [6, 6.07) is 37.3. The van der Waals surface area contributed by atoms with Crippen LogP contribution in [0.15, 0.2) is 115 Å². The van der Waals surface area contributed by atoms with Crippen LogP contribution in [-0.2, 0) is 28.1 Å². The third-order valence-electron chi connectivity index (χ3n) is 6.38. The lowest BCUT2D eigenvalue weighted by Gasteiger charge is -2.27. The second-order valence-electron chi connectivity index (χ2n) is 10.2. The molecule has 4 aromatic rings. The molecule has 0 saturated carbocycles. The number of hydrogen-bond acceptors (Lipinski definition) is 2.